The minimum atomic E-state index is -1.73. The smallest absolute Gasteiger partial charge is 0.349 e. The average Bonchev–Trinajstić information content (AvgIpc) is 2.53. The average molecular weight is 351 g/mol. The van der Waals surface area contributed by atoms with Crippen LogP contribution >= 0.6 is 11.6 Å². The van der Waals surface area contributed by atoms with Crippen molar-refractivity contribution in [2.75, 3.05) is 0 Å². The number of aliphatic carboxylic acids is 2. The van der Waals surface area contributed by atoms with E-state index in [1.54, 1.807) is 31.2 Å². The number of carboxylic acid groups (broad SMARTS) is 2. The van der Waals surface area contributed by atoms with Crippen molar-refractivity contribution in [2.24, 2.45) is 0 Å². The second-order valence-corrected chi connectivity index (χ2v) is 5.41. The maximum absolute atomic E-state index is 11.5. The Morgan fingerprint density at radius 2 is 1.54 bits per heavy atom. The SMILES string of the molecule is Cc1cc(Cl)ccc1OC(C(=O)O)C(Oc1ccccc1)C(=O)O. The van der Waals surface area contributed by atoms with Gasteiger partial charge in [-0.05, 0) is 42.8 Å². The van der Waals surface area contributed by atoms with Crippen molar-refractivity contribution < 1.29 is 29.3 Å². The molecule has 0 aliphatic carbocycles. The van der Waals surface area contributed by atoms with E-state index in [-0.39, 0.29) is 11.5 Å². The molecule has 0 fully saturated rings. The lowest BCUT2D eigenvalue weighted by molar-refractivity contribution is -0.161. The summed E-state index contributed by atoms with van der Waals surface area (Å²) >= 11 is 5.85. The molecule has 126 valence electrons. The number of carbonyl (C=O) groups is 2. The minimum Gasteiger partial charge on any atom is -0.478 e. The van der Waals surface area contributed by atoms with Crippen molar-refractivity contribution in [2.45, 2.75) is 19.1 Å². The normalized spacial score (nSPS) is 12.9. The zero-order chi connectivity index (χ0) is 17.7. The first kappa shape index (κ1) is 17.6. The molecule has 2 aromatic carbocycles. The molecule has 0 saturated heterocycles. The molecule has 0 amide bonds. The number of aryl methyl sites for hydroxylation is 1. The van der Waals surface area contributed by atoms with E-state index in [9.17, 15) is 19.8 Å². The largest absolute Gasteiger partial charge is 0.478 e. The van der Waals surface area contributed by atoms with Gasteiger partial charge in [-0.25, -0.2) is 9.59 Å². The molecule has 2 atom stereocenters. The Balaban J connectivity index is 2.28. The lowest BCUT2D eigenvalue weighted by Gasteiger charge is -2.23. The van der Waals surface area contributed by atoms with Crippen molar-refractivity contribution in [1.29, 1.82) is 0 Å². The van der Waals surface area contributed by atoms with Crippen molar-refractivity contribution >= 4 is 23.5 Å². The summed E-state index contributed by atoms with van der Waals surface area (Å²) in [4.78, 5) is 23.0. The van der Waals surface area contributed by atoms with Gasteiger partial charge in [-0.3, -0.25) is 0 Å². The van der Waals surface area contributed by atoms with E-state index >= 15 is 0 Å². The fraction of sp³-hybridized carbons (Fsp3) is 0.176. The molecule has 6 nitrogen and oxygen atoms in total. The van der Waals surface area contributed by atoms with Crippen LogP contribution in [0.5, 0.6) is 11.5 Å². The third-order valence-corrected chi connectivity index (χ3v) is 3.39. The number of rotatable bonds is 7. The van der Waals surface area contributed by atoms with Gasteiger partial charge in [0.05, 0.1) is 0 Å². The summed E-state index contributed by atoms with van der Waals surface area (Å²) < 4.78 is 10.7. The van der Waals surface area contributed by atoms with Gasteiger partial charge in [-0.1, -0.05) is 29.8 Å². The molecular formula is C17H15ClO6. The topological polar surface area (TPSA) is 93.1 Å². The Kier molecular flexibility index (Phi) is 5.65. The Morgan fingerprint density at radius 3 is 2.08 bits per heavy atom. The molecule has 2 N–H and O–H groups in total. The van der Waals surface area contributed by atoms with Crippen LogP contribution in [0.25, 0.3) is 0 Å². The van der Waals surface area contributed by atoms with Gasteiger partial charge in [0.15, 0.2) is 0 Å². The molecule has 0 saturated carbocycles. The van der Waals surface area contributed by atoms with Crippen LogP contribution in [0.2, 0.25) is 5.02 Å². The van der Waals surface area contributed by atoms with E-state index in [2.05, 4.69) is 0 Å². The highest BCUT2D eigenvalue weighted by atomic mass is 35.5. The van der Waals surface area contributed by atoms with Gasteiger partial charge in [0.2, 0.25) is 12.2 Å². The summed E-state index contributed by atoms with van der Waals surface area (Å²) in [7, 11) is 0. The van der Waals surface area contributed by atoms with Gasteiger partial charge < -0.3 is 19.7 Å². The van der Waals surface area contributed by atoms with Gasteiger partial charge in [0.25, 0.3) is 0 Å². The van der Waals surface area contributed by atoms with Crippen LogP contribution in [0, 0.1) is 6.92 Å². The number of ether oxygens (including phenoxy) is 2. The van der Waals surface area contributed by atoms with Crippen molar-refractivity contribution in [1.82, 2.24) is 0 Å². The number of para-hydroxylation sites is 1. The molecule has 2 unspecified atom stereocenters. The Morgan fingerprint density at radius 1 is 0.958 bits per heavy atom. The molecule has 0 heterocycles. The van der Waals surface area contributed by atoms with Crippen LogP contribution in [0.3, 0.4) is 0 Å². The predicted molar refractivity (Wildman–Crippen MR) is 86.7 cm³/mol. The Labute approximate surface area is 143 Å². The maximum atomic E-state index is 11.5. The Bertz CT molecular complexity index is 731. The molecule has 0 bridgehead atoms. The van der Waals surface area contributed by atoms with E-state index in [0.29, 0.717) is 10.6 Å². The summed E-state index contributed by atoms with van der Waals surface area (Å²) in [6.45, 7) is 1.67. The van der Waals surface area contributed by atoms with E-state index in [4.69, 9.17) is 21.1 Å². The zero-order valence-electron chi connectivity index (χ0n) is 12.7. The highest BCUT2D eigenvalue weighted by molar-refractivity contribution is 6.30. The number of hydrogen-bond acceptors (Lipinski definition) is 4. The number of carboxylic acids is 2. The second-order valence-electron chi connectivity index (χ2n) is 4.98. The van der Waals surface area contributed by atoms with Crippen molar-refractivity contribution in [3.8, 4) is 11.5 Å². The Hall–Kier alpha value is -2.73. The van der Waals surface area contributed by atoms with Crippen molar-refractivity contribution in [3.05, 3.63) is 59.1 Å². The van der Waals surface area contributed by atoms with Crippen LogP contribution in [0.4, 0.5) is 0 Å². The molecule has 2 aromatic rings. The number of halogens is 1. The van der Waals surface area contributed by atoms with Crippen LogP contribution in [-0.2, 0) is 9.59 Å². The predicted octanol–water partition coefficient (Wildman–Crippen LogP) is 3.01. The fourth-order valence-corrected chi connectivity index (χ4v) is 2.24. The molecule has 7 heteroatoms. The van der Waals surface area contributed by atoms with Gasteiger partial charge in [-0.2, -0.15) is 0 Å². The lowest BCUT2D eigenvalue weighted by Crippen LogP contribution is -2.47. The van der Waals surface area contributed by atoms with E-state index in [0.717, 1.165) is 0 Å². The van der Waals surface area contributed by atoms with Crippen LogP contribution in [-0.4, -0.2) is 34.4 Å². The molecule has 0 aliphatic rings. The third-order valence-electron chi connectivity index (χ3n) is 3.16. The monoisotopic (exact) mass is 350 g/mol. The first-order valence-corrected chi connectivity index (χ1v) is 7.36. The number of hydrogen-bond donors (Lipinski definition) is 2. The van der Waals surface area contributed by atoms with Gasteiger partial charge >= 0.3 is 11.9 Å². The molecule has 2 rings (SSSR count). The summed E-state index contributed by atoms with van der Waals surface area (Å²) in [6.07, 6.45) is -3.46. The van der Waals surface area contributed by atoms with E-state index in [1.165, 1.54) is 24.3 Å². The highest BCUT2D eigenvalue weighted by Gasteiger charge is 2.38. The van der Waals surface area contributed by atoms with E-state index < -0.39 is 24.1 Å². The minimum absolute atomic E-state index is 0.217. The fourth-order valence-electron chi connectivity index (χ4n) is 2.01. The van der Waals surface area contributed by atoms with Crippen molar-refractivity contribution in [3.63, 3.8) is 0 Å². The second kappa shape index (κ2) is 7.70. The van der Waals surface area contributed by atoms with Crippen LogP contribution in [0.15, 0.2) is 48.5 Å². The molecule has 0 spiro atoms. The quantitative estimate of drug-likeness (QED) is 0.797. The van der Waals surface area contributed by atoms with Crippen LogP contribution < -0.4 is 9.47 Å². The first-order chi connectivity index (χ1) is 11.4. The summed E-state index contributed by atoms with van der Waals surface area (Å²) in [5.41, 5.74) is 0.581. The number of benzene rings is 2. The molecule has 0 aromatic heterocycles. The summed E-state index contributed by atoms with van der Waals surface area (Å²) in [6, 6.07) is 12.7. The van der Waals surface area contributed by atoms with Crippen LogP contribution in [0.1, 0.15) is 5.56 Å². The molecule has 0 aliphatic heterocycles. The summed E-state index contributed by atoms with van der Waals surface area (Å²) in [5, 5.41) is 19.2. The molecule has 24 heavy (non-hydrogen) atoms. The zero-order valence-corrected chi connectivity index (χ0v) is 13.4. The van der Waals surface area contributed by atoms with E-state index in [1.807, 2.05) is 0 Å². The standard InChI is InChI=1S/C17H15ClO6/c1-10-9-11(18)7-8-13(10)24-15(17(21)22)14(16(19)20)23-12-5-3-2-4-6-12/h2-9,14-15H,1H3,(H,19,20)(H,21,22). The third kappa shape index (κ3) is 4.39. The van der Waals surface area contributed by atoms with Gasteiger partial charge in [0.1, 0.15) is 11.5 Å². The van der Waals surface area contributed by atoms with Gasteiger partial charge in [0, 0.05) is 5.02 Å². The summed E-state index contributed by atoms with van der Waals surface area (Å²) in [5.74, 6) is -2.45. The molecule has 0 radical (unpaired) electrons. The molecular weight excluding hydrogens is 336 g/mol. The first-order valence-electron chi connectivity index (χ1n) is 6.98. The lowest BCUT2D eigenvalue weighted by atomic mass is 10.1. The highest BCUT2D eigenvalue weighted by Crippen LogP contribution is 2.24. The van der Waals surface area contributed by atoms with Gasteiger partial charge in [-0.15, -0.1) is 0 Å². The maximum Gasteiger partial charge on any atom is 0.349 e.